The summed E-state index contributed by atoms with van der Waals surface area (Å²) in [6.45, 7) is 14.5. The summed E-state index contributed by atoms with van der Waals surface area (Å²) in [7, 11) is -7.14. The molecule has 0 spiro atoms. The zero-order valence-electron chi connectivity index (χ0n) is 41.3. The lowest BCUT2D eigenvalue weighted by atomic mass is 9.95. The first-order chi connectivity index (χ1) is 33.3. The van der Waals surface area contributed by atoms with E-state index in [0.29, 0.717) is 40.4 Å². The van der Waals surface area contributed by atoms with Crippen molar-refractivity contribution in [2.24, 2.45) is 0 Å². The van der Waals surface area contributed by atoms with E-state index in [1.165, 1.54) is 0 Å². The summed E-state index contributed by atoms with van der Waals surface area (Å²) in [5.41, 5.74) is 7.48. The standard InChI is InChI=1S/C27H32N2O5S.C14H19NO4.C12H14N2O2S/c1-5-28-35(32,33)25-16-10-14-21-20(13-9-15-22(21)25)18-24(30)23(17-19-11-7-6-8-12-19)29-26(31)34-27(2,3)4;1-14(2,3)19-13(18)15-11(12(16)17)9-10-7-5-4-6-8-10;1-2-14-17(15,16)12-8-4-5-9-10(12)6-3-7-11(9)13/h6-16,23,28H,5,17-18H2,1-4H3,(H,29,31);4-8,11H,9H2,1-3H3,(H,15,18)(H,16,17);3-8,14H,2,13H2,1H3/t23-;11-;/m00./s1. The number of amides is 2. The molecule has 18 heteroatoms. The van der Waals surface area contributed by atoms with Crippen LogP contribution >= 0.6 is 0 Å². The van der Waals surface area contributed by atoms with Crippen LogP contribution in [-0.2, 0) is 58.4 Å². The van der Waals surface area contributed by atoms with Crippen LogP contribution in [0.1, 0.15) is 72.1 Å². The second kappa shape index (κ2) is 25.3. The minimum Gasteiger partial charge on any atom is -0.480 e. The first kappa shape index (κ1) is 56.7. The Morgan fingerprint density at radius 3 is 1.38 bits per heavy atom. The number of benzene rings is 6. The number of aliphatic carboxylic acids is 1. The average Bonchev–Trinajstić information content (AvgIpc) is 3.28. The molecular formula is C53H65N5O11S2. The van der Waals surface area contributed by atoms with Crippen LogP contribution in [0.4, 0.5) is 15.3 Å². The number of nitrogens with two attached hydrogens (primary N) is 1. The second-order valence-electron chi connectivity index (χ2n) is 18.2. The molecule has 0 aromatic heterocycles. The number of carboxylic acids is 1. The van der Waals surface area contributed by atoms with Gasteiger partial charge in [-0.1, -0.05) is 129 Å². The molecule has 0 radical (unpaired) electrons. The number of rotatable bonds is 16. The van der Waals surface area contributed by atoms with Gasteiger partial charge in [0.05, 0.1) is 15.8 Å². The molecule has 0 bridgehead atoms. The molecule has 2 atom stereocenters. The molecule has 0 saturated carbocycles. The van der Waals surface area contributed by atoms with E-state index < -0.39 is 61.5 Å². The Balaban J connectivity index is 0.000000256. The first-order valence-corrected chi connectivity index (χ1v) is 25.9. The maximum Gasteiger partial charge on any atom is 0.408 e. The molecule has 7 N–H and O–H groups in total. The van der Waals surface area contributed by atoms with Crippen LogP contribution in [-0.4, -0.2) is 82.3 Å². The monoisotopic (exact) mass is 1010 g/mol. The topological polar surface area (TPSA) is 249 Å². The predicted molar refractivity (Wildman–Crippen MR) is 277 cm³/mol. The lowest BCUT2D eigenvalue weighted by molar-refractivity contribution is -0.139. The van der Waals surface area contributed by atoms with Crippen molar-refractivity contribution in [2.75, 3.05) is 18.8 Å². The summed E-state index contributed by atoms with van der Waals surface area (Å²) in [5.74, 6) is -1.29. The predicted octanol–water partition coefficient (Wildman–Crippen LogP) is 8.31. The molecule has 0 heterocycles. The molecule has 6 aromatic rings. The fourth-order valence-corrected chi connectivity index (χ4v) is 9.69. The Morgan fingerprint density at radius 1 is 0.535 bits per heavy atom. The number of fused-ring (bicyclic) bond motifs is 2. The summed E-state index contributed by atoms with van der Waals surface area (Å²) in [6, 6.07) is 37.4. The van der Waals surface area contributed by atoms with Gasteiger partial charge in [-0.15, -0.1) is 0 Å². The number of ether oxygens (including phenoxy) is 2. The Kier molecular flexibility index (Phi) is 20.2. The molecule has 0 saturated heterocycles. The van der Waals surface area contributed by atoms with Crippen LogP contribution in [0.2, 0.25) is 0 Å². The van der Waals surface area contributed by atoms with Crippen molar-refractivity contribution < 1.29 is 50.6 Å². The van der Waals surface area contributed by atoms with Crippen molar-refractivity contribution in [3.05, 3.63) is 150 Å². The number of nitrogens with one attached hydrogen (secondary N) is 4. The number of anilines is 1. The third-order valence-corrected chi connectivity index (χ3v) is 13.3. The van der Waals surface area contributed by atoms with E-state index in [4.69, 9.17) is 20.3 Å². The third-order valence-electron chi connectivity index (χ3n) is 10.1. The normalized spacial score (nSPS) is 12.5. The zero-order valence-corrected chi connectivity index (χ0v) is 42.9. The number of Topliss-reactive ketones (excluding diaryl/α,β-unsaturated/α-hetero) is 1. The van der Waals surface area contributed by atoms with Gasteiger partial charge in [0.1, 0.15) is 17.2 Å². The van der Waals surface area contributed by atoms with Crippen molar-refractivity contribution in [3.63, 3.8) is 0 Å². The number of carbonyl (C=O) groups is 4. The van der Waals surface area contributed by atoms with E-state index >= 15 is 0 Å². The molecule has 71 heavy (non-hydrogen) atoms. The molecule has 0 unspecified atom stereocenters. The van der Waals surface area contributed by atoms with Gasteiger partial charge in [0.25, 0.3) is 0 Å². The van der Waals surface area contributed by atoms with Gasteiger partial charge >= 0.3 is 18.2 Å². The summed E-state index contributed by atoms with van der Waals surface area (Å²) >= 11 is 0. The highest BCUT2D eigenvalue weighted by Gasteiger charge is 2.27. The van der Waals surface area contributed by atoms with Gasteiger partial charge < -0.3 is 30.9 Å². The zero-order chi connectivity index (χ0) is 52.6. The first-order valence-electron chi connectivity index (χ1n) is 22.9. The number of carbonyl (C=O) groups excluding carboxylic acids is 3. The fraction of sp³-hybridized carbons (Fsp3) is 0.321. The number of sulfonamides is 2. The summed E-state index contributed by atoms with van der Waals surface area (Å²) in [6.07, 6.45) is -0.839. The van der Waals surface area contributed by atoms with Gasteiger partial charge in [0.15, 0.2) is 5.78 Å². The Bertz CT molecular complexity index is 2990. The third kappa shape index (κ3) is 17.8. The second-order valence-corrected chi connectivity index (χ2v) is 21.7. The molecule has 6 aromatic carbocycles. The summed E-state index contributed by atoms with van der Waals surface area (Å²) in [4.78, 5) is 49.1. The molecule has 0 aliphatic heterocycles. The van der Waals surface area contributed by atoms with Crippen molar-refractivity contribution in [2.45, 2.75) is 108 Å². The van der Waals surface area contributed by atoms with Crippen LogP contribution in [0.25, 0.3) is 21.5 Å². The minimum atomic E-state index is -3.68. The highest BCUT2D eigenvalue weighted by atomic mass is 32.2. The molecule has 2 amide bonds. The number of carboxylic acid groups (broad SMARTS) is 1. The number of alkyl carbamates (subject to hydrolysis) is 2. The molecule has 6 rings (SSSR count). The molecule has 380 valence electrons. The molecular weight excluding hydrogens is 947 g/mol. The van der Waals surface area contributed by atoms with Crippen LogP contribution in [0, 0.1) is 0 Å². The average molecular weight is 1010 g/mol. The summed E-state index contributed by atoms with van der Waals surface area (Å²) < 4.78 is 64.8. The number of nitrogen functional groups attached to an aromatic ring is 1. The van der Waals surface area contributed by atoms with Crippen LogP contribution in [0.3, 0.4) is 0 Å². The van der Waals surface area contributed by atoms with Crippen molar-refractivity contribution in [3.8, 4) is 0 Å². The van der Waals surface area contributed by atoms with Crippen LogP contribution in [0.15, 0.2) is 143 Å². The van der Waals surface area contributed by atoms with Crippen LogP contribution in [0.5, 0.6) is 0 Å². The van der Waals surface area contributed by atoms with E-state index in [9.17, 15) is 36.0 Å². The van der Waals surface area contributed by atoms with Gasteiger partial charge in [0.2, 0.25) is 20.0 Å². The molecule has 0 aliphatic rings. The highest BCUT2D eigenvalue weighted by Crippen LogP contribution is 2.28. The van der Waals surface area contributed by atoms with Gasteiger partial charge in [0, 0.05) is 47.8 Å². The molecule has 0 fully saturated rings. The largest absolute Gasteiger partial charge is 0.480 e. The van der Waals surface area contributed by atoms with E-state index in [1.54, 1.807) is 122 Å². The van der Waals surface area contributed by atoms with Gasteiger partial charge in [-0.25, -0.2) is 40.7 Å². The van der Waals surface area contributed by atoms with E-state index in [0.717, 1.165) is 16.5 Å². The smallest absolute Gasteiger partial charge is 0.408 e. The number of hydrogen-bond acceptors (Lipinski definition) is 11. The van der Waals surface area contributed by atoms with E-state index in [1.807, 2.05) is 66.7 Å². The SMILES string of the molecule is CC(C)(C)OC(=O)N[C@@H](Cc1ccccc1)C(=O)O.CCNS(=O)(=O)c1cccc2c(CC(=O)[C@H](Cc3ccccc3)NC(=O)OC(C)(C)C)cccc12.CCNS(=O)(=O)c1cccc2c(N)cccc12. The van der Waals surface area contributed by atoms with Crippen LogP contribution < -0.4 is 25.8 Å². The van der Waals surface area contributed by atoms with E-state index in [2.05, 4.69) is 20.1 Å². The van der Waals surface area contributed by atoms with Crippen molar-refractivity contribution in [1.82, 2.24) is 20.1 Å². The Hall–Kier alpha value is -6.86. The lowest BCUT2D eigenvalue weighted by Crippen LogP contribution is -2.45. The highest BCUT2D eigenvalue weighted by molar-refractivity contribution is 7.90. The maximum atomic E-state index is 13.4. The van der Waals surface area contributed by atoms with Crippen molar-refractivity contribution >= 4 is 71.2 Å². The molecule has 16 nitrogen and oxygen atoms in total. The van der Waals surface area contributed by atoms with E-state index in [-0.39, 0.29) is 35.0 Å². The van der Waals surface area contributed by atoms with Gasteiger partial charge in [-0.05, 0) is 88.2 Å². The number of ketones is 1. The maximum absolute atomic E-state index is 13.4. The van der Waals surface area contributed by atoms with Gasteiger partial charge in [-0.3, -0.25) is 4.79 Å². The quantitative estimate of drug-likeness (QED) is 0.0501. The summed E-state index contributed by atoms with van der Waals surface area (Å²) in [5, 5.41) is 16.8. The van der Waals surface area contributed by atoms with Crippen molar-refractivity contribution in [1.29, 1.82) is 0 Å². The Morgan fingerprint density at radius 2 is 0.930 bits per heavy atom. The molecule has 0 aliphatic carbocycles. The van der Waals surface area contributed by atoms with Gasteiger partial charge in [-0.2, -0.15) is 0 Å². The Labute approximate surface area is 416 Å². The fourth-order valence-electron chi connectivity index (χ4n) is 7.17. The minimum absolute atomic E-state index is 0.0232. The number of hydrogen-bond donors (Lipinski definition) is 6. The lowest BCUT2D eigenvalue weighted by Gasteiger charge is -2.23.